The van der Waals surface area contributed by atoms with Gasteiger partial charge in [0.1, 0.15) is 10.8 Å². The lowest BCUT2D eigenvalue weighted by molar-refractivity contribution is -0.143. The normalized spacial score (nSPS) is 16.2. The second-order valence-electron chi connectivity index (χ2n) is 8.84. The fraction of sp³-hybridized carbons (Fsp3) is 0.458. The molecule has 3 heterocycles. The number of nitrogens with zero attached hydrogens (tertiary/aromatic N) is 3. The minimum atomic E-state index is -3.63. The van der Waals surface area contributed by atoms with Crippen LogP contribution in [-0.2, 0) is 30.9 Å². The second-order valence-corrected chi connectivity index (χ2v) is 13.7. The molecular weight excluding hydrogens is 542 g/mol. The summed E-state index contributed by atoms with van der Waals surface area (Å²) in [6, 6.07) is 9.10. The maximum atomic E-state index is 13.1. The van der Waals surface area contributed by atoms with Crippen LogP contribution < -0.4 is 4.80 Å². The first-order valence-electron chi connectivity index (χ1n) is 11.7. The highest BCUT2D eigenvalue weighted by Gasteiger charge is 2.33. The van der Waals surface area contributed by atoms with Crippen molar-refractivity contribution >= 4 is 66.4 Å². The standard InChI is InChI=1S/C24H28ClN3O5S3/c1-4-33-21(29)14-28-18-6-5-17(15(2)3)13-19(18)34-24(28)26-23(30)16-9-11-27(12-10-16)36(31,32)22-8-7-20(25)35-22/h5-8,13,15-16H,4,9-12,14H2,1-3H3. The highest BCUT2D eigenvalue weighted by molar-refractivity contribution is 7.91. The van der Waals surface area contributed by atoms with Gasteiger partial charge in [0.05, 0.1) is 21.2 Å². The number of benzene rings is 1. The Kier molecular flexibility index (Phi) is 8.35. The van der Waals surface area contributed by atoms with Crippen molar-refractivity contribution in [1.29, 1.82) is 0 Å². The number of carbonyl (C=O) groups is 2. The number of thiophene rings is 1. The maximum Gasteiger partial charge on any atom is 0.326 e. The van der Waals surface area contributed by atoms with Crippen LogP contribution in [-0.4, -0.2) is 48.9 Å². The van der Waals surface area contributed by atoms with Crippen LogP contribution in [0.4, 0.5) is 0 Å². The molecule has 1 amide bonds. The molecule has 0 aliphatic carbocycles. The van der Waals surface area contributed by atoms with Gasteiger partial charge < -0.3 is 9.30 Å². The van der Waals surface area contributed by atoms with E-state index in [1.165, 1.54) is 21.7 Å². The molecule has 12 heteroatoms. The van der Waals surface area contributed by atoms with Crippen LogP contribution in [0, 0.1) is 5.92 Å². The van der Waals surface area contributed by atoms with Crippen LogP contribution in [0.1, 0.15) is 45.1 Å². The Morgan fingerprint density at radius 3 is 2.50 bits per heavy atom. The number of halogens is 1. The van der Waals surface area contributed by atoms with E-state index >= 15 is 0 Å². The van der Waals surface area contributed by atoms with Gasteiger partial charge in [-0.1, -0.05) is 42.9 Å². The smallest absolute Gasteiger partial charge is 0.326 e. The number of hydrogen-bond acceptors (Lipinski definition) is 7. The van der Waals surface area contributed by atoms with Gasteiger partial charge in [0.2, 0.25) is 0 Å². The molecule has 8 nitrogen and oxygen atoms in total. The molecule has 3 aromatic rings. The van der Waals surface area contributed by atoms with Gasteiger partial charge in [-0.05, 0) is 55.5 Å². The van der Waals surface area contributed by atoms with E-state index in [1.807, 2.05) is 12.1 Å². The zero-order valence-electron chi connectivity index (χ0n) is 20.3. The molecule has 1 aliphatic rings. The Labute approximate surface area is 223 Å². The second kappa shape index (κ2) is 11.1. The van der Waals surface area contributed by atoms with Crippen LogP contribution in [0.3, 0.4) is 0 Å². The highest BCUT2D eigenvalue weighted by Crippen LogP contribution is 2.31. The Morgan fingerprint density at radius 2 is 1.89 bits per heavy atom. The Bertz CT molecular complexity index is 1450. The predicted octanol–water partition coefficient (Wildman–Crippen LogP) is 4.63. The molecule has 0 spiro atoms. The van der Waals surface area contributed by atoms with E-state index in [1.54, 1.807) is 17.6 Å². The van der Waals surface area contributed by atoms with Crippen molar-refractivity contribution in [3.8, 4) is 0 Å². The van der Waals surface area contributed by atoms with Crippen molar-refractivity contribution in [3.05, 3.63) is 45.0 Å². The highest BCUT2D eigenvalue weighted by atomic mass is 35.5. The van der Waals surface area contributed by atoms with Crippen LogP contribution in [0.2, 0.25) is 4.34 Å². The zero-order valence-corrected chi connectivity index (χ0v) is 23.5. The van der Waals surface area contributed by atoms with Crippen LogP contribution in [0.5, 0.6) is 0 Å². The number of thiazole rings is 1. The SMILES string of the molecule is CCOC(=O)Cn1c(=NC(=O)C2CCN(S(=O)(=O)c3ccc(Cl)s3)CC2)sc2cc(C(C)C)ccc21. The molecule has 1 aliphatic heterocycles. The number of ether oxygens (including phenoxy) is 1. The summed E-state index contributed by atoms with van der Waals surface area (Å²) < 4.78 is 35.5. The quantitative estimate of drug-likeness (QED) is 0.386. The van der Waals surface area contributed by atoms with E-state index in [-0.39, 0.29) is 36.4 Å². The number of sulfonamides is 1. The number of hydrogen-bond donors (Lipinski definition) is 0. The van der Waals surface area contributed by atoms with Gasteiger partial charge in [0.15, 0.2) is 4.80 Å². The monoisotopic (exact) mass is 569 g/mol. The molecule has 1 fully saturated rings. The molecule has 1 aromatic carbocycles. The maximum absolute atomic E-state index is 13.1. The van der Waals surface area contributed by atoms with Gasteiger partial charge in [-0.25, -0.2) is 8.42 Å². The average Bonchev–Trinajstić information content (AvgIpc) is 3.43. The summed E-state index contributed by atoms with van der Waals surface area (Å²) in [6.45, 7) is 6.65. The third-order valence-corrected chi connectivity index (χ3v) is 10.8. The molecule has 0 unspecified atom stereocenters. The van der Waals surface area contributed by atoms with Gasteiger partial charge in [0.25, 0.3) is 15.9 Å². The molecule has 0 bridgehead atoms. The zero-order chi connectivity index (χ0) is 26.0. The molecular formula is C24H28ClN3O5S3. The summed E-state index contributed by atoms with van der Waals surface area (Å²) in [4.78, 5) is 30.3. The molecule has 36 heavy (non-hydrogen) atoms. The van der Waals surface area contributed by atoms with Crippen molar-refractivity contribution in [2.45, 2.75) is 50.3 Å². The van der Waals surface area contributed by atoms with Crippen molar-refractivity contribution in [3.63, 3.8) is 0 Å². The van der Waals surface area contributed by atoms with Crippen LogP contribution in [0.25, 0.3) is 10.2 Å². The summed E-state index contributed by atoms with van der Waals surface area (Å²) in [5.74, 6) is -0.759. The third-order valence-electron chi connectivity index (χ3n) is 6.12. The van der Waals surface area contributed by atoms with Crippen molar-refractivity contribution in [2.75, 3.05) is 19.7 Å². The third kappa shape index (κ3) is 5.75. The first kappa shape index (κ1) is 27.0. The Morgan fingerprint density at radius 1 is 1.17 bits per heavy atom. The largest absolute Gasteiger partial charge is 0.465 e. The van der Waals surface area contributed by atoms with Gasteiger partial charge in [-0.2, -0.15) is 9.30 Å². The van der Waals surface area contributed by atoms with Gasteiger partial charge in [-0.3, -0.25) is 9.59 Å². The number of rotatable bonds is 7. The first-order chi connectivity index (χ1) is 17.1. The summed E-state index contributed by atoms with van der Waals surface area (Å²) >= 11 is 8.30. The van der Waals surface area contributed by atoms with E-state index in [4.69, 9.17) is 16.3 Å². The van der Waals surface area contributed by atoms with Crippen molar-refractivity contribution in [1.82, 2.24) is 8.87 Å². The van der Waals surface area contributed by atoms with Gasteiger partial charge in [-0.15, -0.1) is 11.3 Å². The number of fused-ring (bicyclic) bond motifs is 1. The minimum Gasteiger partial charge on any atom is -0.465 e. The molecule has 194 valence electrons. The Balaban J connectivity index is 1.58. The van der Waals surface area contributed by atoms with Crippen molar-refractivity contribution < 1.29 is 22.7 Å². The molecule has 1 saturated heterocycles. The minimum absolute atomic E-state index is 0.0406. The molecule has 2 aromatic heterocycles. The fourth-order valence-electron chi connectivity index (χ4n) is 4.12. The van der Waals surface area contributed by atoms with Crippen molar-refractivity contribution in [2.24, 2.45) is 10.9 Å². The summed E-state index contributed by atoms with van der Waals surface area (Å²) in [5.41, 5.74) is 1.98. The number of esters is 1. The van der Waals surface area contributed by atoms with Crippen LogP contribution >= 0.6 is 34.3 Å². The lowest BCUT2D eigenvalue weighted by Gasteiger charge is -2.29. The van der Waals surface area contributed by atoms with E-state index in [9.17, 15) is 18.0 Å². The predicted molar refractivity (Wildman–Crippen MR) is 142 cm³/mol. The van der Waals surface area contributed by atoms with E-state index in [0.29, 0.717) is 27.9 Å². The summed E-state index contributed by atoms with van der Waals surface area (Å²) in [5, 5.41) is 0. The van der Waals surface area contributed by atoms with Gasteiger partial charge in [0, 0.05) is 19.0 Å². The topological polar surface area (TPSA) is 98.0 Å². The fourth-order valence-corrected chi connectivity index (χ4v) is 8.30. The lowest BCUT2D eigenvalue weighted by Crippen LogP contribution is -2.40. The molecule has 0 atom stereocenters. The number of aromatic nitrogens is 1. The van der Waals surface area contributed by atoms with E-state index < -0.39 is 21.9 Å². The average molecular weight is 570 g/mol. The molecule has 0 N–H and O–H groups in total. The summed E-state index contributed by atoms with van der Waals surface area (Å²) in [7, 11) is -3.63. The number of amides is 1. The lowest BCUT2D eigenvalue weighted by atomic mass is 9.98. The summed E-state index contributed by atoms with van der Waals surface area (Å²) in [6.07, 6.45) is 0.752. The number of carbonyl (C=O) groups excluding carboxylic acids is 2. The van der Waals surface area contributed by atoms with Gasteiger partial charge >= 0.3 is 5.97 Å². The Hall–Kier alpha value is -2.05. The molecule has 0 saturated carbocycles. The molecule has 0 radical (unpaired) electrons. The molecule has 4 rings (SSSR count). The first-order valence-corrected chi connectivity index (χ1v) is 15.2. The van der Waals surface area contributed by atoms with E-state index in [0.717, 1.165) is 27.1 Å². The van der Waals surface area contributed by atoms with E-state index in [2.05, 4.69) is 24.9 Å². The van der Waals surface area contributed by atoms with Crippen LogP contribution in [0.15, 0.2) is 39.5 Å². The number of piperidine rings is 1.